The van der Waals surface area contributed by atoms with Gasteiger partial charge in [-0.3, -0.25) is 0 Å². The molecule has 0 aromatic heterocycles. The fourth-order valence-corrected chi connectivity index (χ4v) is 2.05. The van der Waals surface area contributed by atoms with Gasteiger partial charge < -0.3 is 15.7 Å². The third kappa shape index (κ3) is 4.21. The molecule has 3 N–H and O–H groups in total. The zero-order valence-corrected chi connectivity index (χ0v) is 10.7. The molecule has 19 heavy (non-hydrogen) atoms. The van der Waals surface area contributed by atoms with Crippen molar-refractivity contribution in [2.75, 3.05) is 13.2 Å². The molecule has 104 valence electrons. The minimum Gasteiger partial charge on any atom is -0.396 e. The second-order valence-electron chi connectivity index (χ2n) is 4.84. The van der Waals surface area contributed by atoms with E-state index in [1.807, 2.05) is 0 Å². The largest absolute Gasteiger partial charge is 0.396 e. The third-order valence-corrected chi connectivity index (χ3v) is 3.23. The highest BCUT2D eigenvalue weighted by atomic mass is 19.1. The van der Waals surface area contributed by atoms with Gasteiger partial charge in [0.15, 0.2) is 0 Å². The van der Waals surface area contributed by atoms with E-state index in [1.54, 1.807) is 12.1 Å². The Morgan fingerprint density at radius 1 is 1.37 bits per heavy atom. The molecule has 1 aromatic carbocycles. The molecule has 0 saturated heterocycles. The Morgan fingerprint density at radius 2 is 2.05 bits per heavy atom. The van der Waals surface area contributed by atoms with Crippen molar-refractivity contribution < 1.29 is 14.3 Å². The number of carbonyl (C=O) groups is 1. The second kappa shape index (κ2) is 6.52. The maximum absolute atomic E-state index is 12.9. The van der Waals surface area contributed by atoms with E-state index in [4.69, 9.17) is 5.11 Å². The molecule has 1 fully saturated rings. The van der Waals surface area contributed by atoms with E-state index in [9.17, 15) is 9.18 Å². The number of hydrogen-bond acceptors (Lipinski definition) is 2. The molecule has 2 amide bonds. The van der Waals surface area contributed by atoms with Gasteiger partial charge in [0.05, 0.1) is 6.04 Å². The van der Waals surface area contributed by atoms with Gasteiger partial charge in [0.25, 0.3) is 0 Å². The molecule has 4 nitrogen and oxygen atoms in total. The molecule has 1 atom stereocenters. The molecule has 1 saturated carbocycles. The molecule has 5 heteroatoms. The first-order chi connectivity index (χ1) is 9.20. The normalized spacial score (nSPS) is 15.9. The number of hydrogen-bond donors (Lipinski definition) is 3. The highest BCUT2D eigenvalue weighted by Gasteiger charge is 2.33. The number of urea groups is 1. The number of carbonyl (C=O) groups excluding carboxylic acids is 1. The average molecular weight is 266 g/mol. The maximum Gasteiger partial charge on any atom is 0.315 e. The fourth-order valence-electron chi connectivity index (χ4n) is 2.05. The van der Waals surface area contributed by atoms with Crippen molar-refractivity contribution in [3.8, 4) is 0 Å². The monoisotopic (exact) mass is 266 g/mol. The molecular formula is C14H19FN2O2. The van der Waals surface area contributed by atoms with Crippen molar-refractivity contribution in [2.24, 2.45) is 5.92 Å². The lowest BCUT2D eigenvalue weighted by atomic mass is 10.0. The van der Waals surface area contributed by atoms with Crippen LogP contribution in [0.15, 0.2) is 24.3 Å². The van der Waals surface area contributed by atoms with Crippen LogP contribution in [0.25, 0.3) is 0 Å². The number of nitrogens with one attached hydrogen (secondary N) is 2. The maximum atomic E-state index is 12.9. The lowest BCUT2D eigenvalue weighted by molar-refractivity contribution is 0.233. The highest BCUT2D eigenvalue weighted by molar-refractivity contribution is 5.74. The van der Waals surface area contributed by atoms with Gasteiger partial charge in [0.1, 0.15) is 5.82 Å². The van der Waals surface area contributed by atoms with Crippen molar-refractivity contribution >= 4 is 6.03 Å². The van der Waals surface area contributed by atoms with Gasteiger partial charge in [-0.1, -0.05) is 12.1 Å². The quantitative estimate of drug-likeness (QED) is 0.689. The summed E-state index contributed by atoms with van der Waals surface area (Å²) in [6, 6.07) is 5.95. The molecule has 1 unspecified atom stereocenters. The molecule has 0 spiro atoms. The summed E-state index contributed by atoms with van der Waals surface area (Å²) in [5.41, 5.74) is 0.932. The third-order valence-electron chi connectivity index (χ3n) is 3.23. The topological polar surface area (TPSA) is 61.4 Å². The summed E-state index contributed by atoms with van der Waals surface area (Å²) in [5.74, 6) is 0.166. The zero-order chi connectivity index (χ0) is 13.7. The Hall–Kier alpha value is -1.62. The Balaban J connectivity index is 1.93. The fraction of sp³-hybridized carbons (Fsp3) is 0.500. The molecular weight excluding hydrogens is 247 g/mol. The average Bonchev–Trinajstić information content (AvgIpc) is 3.22. The molecule has 1 aliphatic rings. The zero-order valence-electron chi connectivity index (χ0n) is 10.7. The Kier molecular flexibility index (Phi) is 4.74. The van der Waals surface area contributed by atoms with Gasteiger partial charge in [-0.15, -0.1) is 0 Å². The summed E-state index contributed by atoms with van der Waals surface area (Å²) in [4.78, 5) is 11.7. The predicted molar refractivity (Wildman–Crippen MR) is 70.1 cm³/mol. The molecule has 0 aliphatic heterocycles. The van der Waals surface area contributed by atoms with E-state index in [2.05, 4.69) is 10.6 Å². The first-order valence-corrected chi connectivity index (χ1v) is 6.61. The van der Waals surface area contributed by atoms with Crippen molar-refractivity contribution in [3.63, 3.8) is 0 Å². The van der Waals surface area contributed by atoms with Crippen LogP contribution in [0.2, 0.25) is 0 Å². The first kappa shape index (κ1) is 13.8. The number of rotatable bonds is 6. The van der Waals surface area contributed by atoms with E-state index in [0.717, 1.165) is 18.4 Å². The number of benzene rings is 1. The first-order valence-electron chi connectivity index (χ1n) is 6.61. The molecule has 0 bridgehead atoms. The van der Waals surface area contributed by atoms with E-state index in [0.29, 0.717) is 18.9 Å². The summed E-state index contributed by atoms with van der Waals surface area (Å²) < 4.78 is 12.9. The van der Waals surface area contributed by atoms with Crippen LogP contribution in [0.3, 0.4) is 0 Å². The molecule has 0 heterocycles. The molecule has 1 aliphatic carbocycles. The highest BCUT2D eigenvalue weighted by Crippen LogP contribution is 2.40. The Bertz CT molecular complexity index is 418. The lowest BCUT2D eigenvalue weighted by Crippen LogP contribution is -2.39. The van der Waals surface area contributed by atoms with Crippen LogP contribution < -0.4 is 10.6 Å². The predicted octanol–water partition coefficient (Wildman–Crippen LogP) is 1.96. The summed E-state index contributed by atoms with van der Waals surface area (Å²) in [5, 5.41) is 14.3. The lowest BCUT2D eigenvalue weighted by Gasteiger charge is -2.19. The number of aliphatic hydroxyl groups is 1. The summed E-state index contributed by atoms with van der Waals surface area (Å²) in [6.45, 7) is 0.507. The van der Waals surface area contributed by atoms with Crippen LogP contribution in [0.5, 0.6) is 0 Å². The minimum atomic E-state index is -0.273. The molecule has 0 radical (unpaired) electrons. The number of amides is 2. The molecule has 1 aromatic rings. The van der Waals surface area contributed by atoms with E-state index in [1.165, 1.54) is 12.1 Å². The SMILES string of the molecule is O=C(NCCCO)NC(c1ccc(F)cc1)C1CC1. The van der Waals surface area contributed by atoms with Crippen LogP contribution >= 0.6 is 0 Å². The standard InChI is InChI=1S/C14H19FN2O2/c15-12-6-4-11(5-7-12)13(10-2-3-10)17-14(19)16-8-1-9-18/h4-7,10,13,18H,1-3,8-9H2,(H2,16,17,19). The van der Waals surface area contributed by atoms with Gasteiger partial charge in [-0.05, 0) is 42.9 Å². The summed E-state index contributed by atoms with van der Waals surface area (Å²) >= 11 is 0. The van der Waals surface area contributed by atoms with Gasteiger partial charge >= 0.3 is 6.03 Å². The van der Waals surface area contributed by atoms with Crippen molar-refractivity contribution in [3.05, 3.63) is 35.6 Å². The van der Waals surface area contributed by atoms with Crippen LogP contribution in [-0.4, -0.2) is 24.3 Å². The molecule has 2 rings (SSSR count). The summed E-state index contributed by atoms with van der Waals surface area (Å²) in [7, 11) is 0. The van der Waals surface area contributed by atoms with E-state index in [-0.39, 0.29) is 24.5 Å². The van der Waals surface area contributed by atoms with Gasteiger partial charge in [-0.25, -0.2) is 9.18 Å². The van der Waals surface area contributed by atoms with Crippen molar-refractivity contribution in [2.45, 2.75) is 25.3 Å². The Morgan fingerprint density at radius 3 is 2.63 bits per heavy atom. The van der Waals surface area contributed by atoms with Crippen LogP contribution in [0, 0.1) is 11.7 Å². The number of aliphatic hydroxyl groups excluding tert-OH is 1. The number of halogens is 1. The van der Waals surface area contributed by atoms with E-state index >= 15 is 0 Å². The van der Waals surface area contributed by atoms with Crippen LogP contribution in [0.4, 0.5) is 9.18 Å². The minimum absolute atomic E-state index is 0.0598. The Labute approximate surface area is 112 Å². The second-order valence-corrected chi connectivity index (χ2v) is 4.84. The van der Waals surface area contributed by atoms with Crippen molar-refractivity contribution in [1.29, 1.82) is 0 Å². The van der Waals surface area contributed by atoms with Crippen molar-refractivity contribution in [1.82, 2.24) is 10.6 Å². The van der Waals surface area contributed by atoms with Gasteiger partial charge in [-0.2, -0.15) is 0 Å². The van der Waals surface area contributed by atoms with Gasteiger partial charge in [0.2, 0.25) is 0 Å². The smallest absolute Gasteiger partial charge is 0.315 e. The van der Waals surface area contributed by atoms with E-state index < -0.39 is 0 Å². The summed E-state index contributed by atoms with van der Waals surface area (Å²) in [6.07, 6.45) is 2.70. The van der Waals surface area contributed by atoms with Crippen LogP contribution in [0.1, 0.15) is 30.9 Å². The van der Waals surface area contributed by atoms with Gasteiger partial charge in [0, 0.05) is 13.2 Å². The van der Waals surface area contributed by atoms with Crippen LogP contribution in [-0.2, 0) is 0 Å².